The molecule has 0 radical (unpaired) electrons. The minimum absolute atomic E-state index is 0.0564. The lowest BCUT2D eigenvalue weighted by atomic mass is 10.0. The monoisotopic (exact) mass is 296 g/mol. The van der Waals surface area contributed by atoms with E-state index in [4.69, 9.17) is 0 Å². The number of hydrogen-bond donors (Lipinski definition) is 2. The van der Waals surface area contributed by atoms with E-state index >= 15 is 0 Å². The van der Waals surface area contributed by atoms with Gasteiger partial charge in [-0.2, -0.15) is 21.0 Å². The highest BCUT2D eigenvalue weighted by molar-refractivity contribution is 7.86. The van der Waals surface area contributed by atoms with Crippen LogP contribution in [0.15, 0.2) is 0 Å². The molecule has 0 amide bonds. The van der Waals surface area contributed by atoms with E-state index in [1.807, 2.05) is 13.8 Å². The van der Waals surface area contributed by atoms with Crippen LogP contribution in [-0.4, -0.2) is 23.5 Å². The van der Waals surface area contributed by atoms with Crippen molar-refractivity contribution in [3.05, 3.63) is 0 Å². The van der Waals surface area contributed by atoms with Gasteiger partial charge in [0.1, 0.15) is 0 Å². The van der Waals surface area contributed by atoms with Gasteiger partial charge in [0.15, 0.2) is 0 Å². The van der Waals surface area contributed by atoms with Gasteiger partial charge in [0.05, 0.1) is 5.25 Å². The van der Waals surface area contributed by atoms with Crippen molar-refractivity contribution in [2.45, 2.75) is 76.2 Å². The molecule has 0 aliphatic carbocycles. The predicted molar refractivity (Wildman–Crippen MR) is 80.9 cm³/mol. The third-order valence-electron chi connectivity index (χ3n) is 3.27. The molecule has 2 unspecified atom stereocenters. The minimum Gasteiger partial charge on any atom is -0.285 e. The van der Waals surface area contributed by atoms with Crippen LogP contribution in [0.4, 0.5) is 0 Å². The van der Waals surface area contributed by atoms with Crippen LogP contribution in [0.2, 0.25) is 0 Å². The van der Waals surface area contributed by atoms with Gasteiger partial charge in [0.2, 0.25) is 0 Å². The fourth-order valence-corrected chi connectivity index (χ4v) is 3.82. The van der Waals surface area contributed by atoms with Crippen molar-refractivity contribution in [1.29, 1.82) is 0 Å². The molecule has 0 saturated heterocycles. The molecule has 2 atom stereocenters. The molecule has 0 spiro atoms. The molecule has 0 heterocycles. The summed E-state index contributed by atoms with van der Waals surface area (Å²) in [5.41, 5.74) is 0. The third-order valence-corrected chi connectivity index (χ3v) is 5.24. The average molecular weight is 296 g/mol. The minimum atomic E-state index is -3.95. The summed E-state index contributed by atoms with van der Waals surface area (Å²) in [4.78, 5) is 0. The summed E-state index contributed by atoms with van der Waals surface area (Å²) in [6, 6.07) is 0. The van der Waals surface area contributed by atoms with Crippen LogP contribution in [0.1, 0.15) is 65.7 Å². The SMILES string of the molecule is CCCCCCCC(S)CC(C(C)C)S(=O)(=O)O. The molecule has 0 aromatic heterocycles. The lowest BCUT2D eigenvalue weighted by Crippen LogP contribution is -2.29. The van der Waals surface area contributed by atoms with Crippen molar-refractivity contribution >= 4 is 22.7 Å². The molecule has 110 valence electrons. The second-order valence-corrected chi connectivity index (χ2v) is 7.76. The van der Waals surface area contributed by atoms with Gasteiger partial charge in [-0.3, -0.25) is 4.55 Å². The fraction of sp³-hybridized carbons (Fsp3) is 1.00. The van der Waals surface area contributed by atoms with Gasteiger partial charge in [-0.15, -0.1) is 0 Å². The molecule has 0 aromatic rings. The molecule has 0 rings (SSSR count). The molecule has 3 nitrogen and oxygen atoms in total. The molecule has 18 heavy (non-hydrogen) atoms. The molecule has 0 aromatic carbocycles. The van der Waals surface area contributed by atoms with Gasteiger partial charge >= 0.3 is 0 Å². The van der Waals surface area contributed by atoms with E-state index in [1.54, 1.807) is 0 Å². The van der Waals surface area contributed by atoms with Crippen molar-refractivity contribution in [3.63, 3.8) is 0 Å². The number of hydrogen-bond acceptors (Lipinski definition) is 3. The highest BCUT2D eigenvalue weighted by Crippen LogP contribution is 2.22. The first-order valence-corrected chi connectivity index (χ1v) is 8.95. The first-order valence-electron chi connectivity index (χ1n) is 6.93. The molecular weight excluding hydrogens is 268 g/mol. The maximum absolute atomic E-state index is 11.2. The van der Waals surface area contributed by atoms with Crippen LogP contribution < -0.4 is 0 Å². The lowest BCUT2D eigenvalue weighted by molar-refractivity contribution is 0.426. The Labute approximate surface area is 118 Å². The van der Waals surface area contributed by atoms with Crippen LogP contribution in [0.3, 0.4) is 0 Å². The Bertz CT molecular complexity index is 299. The maximum Gasteiger partial charge on any atom is 0.268 e. The first-order chi connectivity index (χ1) is 8.29. The average Bonchev–Trinajstić information content (AvgIpc) is 2.23. The Morgan fingerprint density at radius 2 is 1.67 bits per heavy atom. The molecule has 0 bridgehead atoms. The molecular formula is C13H28O3S2. The highest BCUT2D eigenvalue weighted by atomic mass is 32.2. The van der Waals surface area contributed by atoms with Gasteiger partial charge < -0.3 is 0 Å². The van der Waals surface area contributed by atoms with Crippen molar-refractivity contribution in [3.8, 4) is 0 Å². The van der Waals surface area contributed by atoms with E-state index in [-0.39, 0.29) is 11.2 Å². The van der Waals surface area contributed by atoms with E-state index < -0.39 is 15.4 Å². The molecule has 0 fully saturated rings. The standard InChI is InChI=1S/C13H28O3S2/c1-4-5-6-7-8-9-12(17)10-13(11(2)3)18(14,15)16/h11-13,17H,4-10H2,1-3H3,(H,14,15,16). The van der Waals surface area contributed by atoms with Gasteiger partial charge in [-0.25, -0.2) is 0 Å². The normalized spacial score (nSPS) is 15.9. The molecule has 0 saturated carbocycles. The lowest BCUT2D eigenvalue weighted by Gasteiger charge is -2.21. The van der Waals surface area contributed by atoms with Crippen molar-refractivity contribution in [2.24, 2.45) is 5.92 Å². The summed E-state index contributed by atoms with van der Waals surface area (Å²) in [6.45, 7) is 5.82. The molecule has 5 heteroatoms. The quantitative estimate of drug-likeness (QED) is 0.364. The topological polar surface area (TPSA) is 54.4 Å². The molecule has 0 aliphatic heterocycles. The smallest absolute Gasteiger partial charge is 0.268 e. The zero-order valence-electron chi connectivity index (χ0n) is 11.8. The number of rotatable bonds is 10. The Morgan fingerprint density at radius 1 is 1.11 bits per heavy atom. The fourth-order valence-electron chi connectivity index (χ4n) is 2.11. The summed E-state index contributed by atoms with van der Waals surface area (Å²) >= 11 is 4.45. The van der Waals surface area contributed by atoms with Crippen molar-refractivity contribution in [2.75, 3.05) is 0 Å². The van der Waals surface area contributed by atoms with Crippen LogP contribution in [0, 0.1) is 5.92 Å². The summed E-state index contributed by atoms with van der Waals surface area (Å²) in [5, 5.41) is -0.628. The highest BCUT2D eigenvalue weighted by Gasteiger charge is 2.28. The van der Waals surface area contributed by atoms with E-state index in [1.165, 1.54) is 25.7 Å². The second kappa shape index (κ2) is 9.21. The summed E-state index contributed by atoms with van der Waals surface area (Å²) < 4.78 is 31.7. The molecule has 0 aliphatic rings. The van der Waals surface area contributed by atoms with Crippen molar-refractivity contribution in [1.82, 2.24) is 0 Å². The van der Waals surface area contributed by atoms with Crippen LogP contribution in [-0.2, 0) is 10.1 Å². The zero-order valence-corrected chi connectivity index (χ0v) is 13.5. The van der Waals surface area contributed by atoms with Crippen LogP contribution >= 0.6 is 12.6 Å². The third kappa shape index (κ3) is 8.38. The summed E-state index contributed by atoms with van der Waals surface area (Å²) in [7, 11) is -3.95. The Hall–Kier alpha value is 0.260. The maximum atomic E-state index is 11.2. The van der Waals surface area contributed by atoms with Crippen molar-refractivity contribution < 1.29 is 13.0 Å². The summed E-state index contributed by atoms with van der Waals surface area (Å²) in [6.07, 6.45) is 7.36. The van der Waals surface area contributed by atoms with Gasteiger partial charge in [0.25, 0.3) is 10.1 Å². The predicted octanol–water partition coefficient (Wildman–Crippen LogP) is 3.95. The van der Waals surface area contributed by atoms with Gasteiger partial charge in [0, 0.05) is 5.25 Å². The van der Waals surface area contributed by atoms with E-state index in [0.29, 0.717) is 6.42 Å². The zero-order chi connectivity index (χ0) is 14.2. The Morgan fingerprint density at radius 3 is 2.11 bits per heavy atom. The number of unbranched alkanes of at least 4 members (excludes halogenated alkanes) is 4. The second-order valence-electron chi connectivity index (χ2n) is 5.39. The van der Waals surface area contributed by atoms with E-state index in [2.05, 4.69) is 19.6 Å². The van der Waals surface area contributed by atoms with Gasteiger partial charge in [-0.1, -0.05) is 52.9 Å². The van der Waals surface area contributed by atoms with E-state index in [9.17, 15) is 13.0 Å². The largest absolute Gasteiger partial charge is 0.285 e. The number of thiol groups is 1. The van der Waals surface area contributed by atoms with Crippen LogP contribution in [0.25, 0.3) is 0 Å². The van der Waals surface area contributed by atoms with Gasteiger partial charge in [-0.05, 0) is 18.8 Å². The Kier molecular flexibility index (Phi) is 9.34. The summed E-state index contributed by atoms with van der Waals surface area (Å²) in [5.74, 6) is -0.0743. The first kappa shape index (κ1) is 18.3. The Balaban J connectivity index is 4.01. The van der Waals surface area contributed by atoms with Crippen LogP contribution in [0.5, 0.6) is 0 Å². The van der Waals surface area contributed by atoms with E-state index in [0.717, 1.165) is 12.8 Å². The molecule has 1 N–H and O–H groups in total.